The average Bonchev–Trinajstić information content (AvgIpc) is 2.87. The van der Waals surface area contributed by atoms with Crippen LogP contribution >= 0.6 is 11.3 Å². The highest BCUT2D eigenvalue weighted by molar-refractivity contribution is 7.16. The third-order valence-electron chi connectivity index (χ3n) is 2.32. The lowest BCUT2D eigenvalue weighted by molar-refractivity contribution is 0.102. The van der Waals surface area contributed by atoms with Gasteiger partial charge in [0.25, 0.3) is 5.91 Å². The fourth-order valence-electron chi connectivity index (χ4n) is 1.43. The van der Waals surface area contributed by atoms with Crippen LogP contribution in [0.2, 0.25) is 0 Å². The molecule has 0 saturated heterocycles. The zero-order chi connectivity index (χ0) is 14.4. The number of phenols is 1. The number of carbonyl (C=O) groups excluding carboxylic acids is 1. The van der Waals surface area contributed by atoms with E-state index in [2.05, 4.69) is 22.1 Å². The Kier molecular flexibility index (Phi) is 4.71. The summed E-state index contributed by atoms with van der Waals surface area (Å²) in [4.78, 5) is 16.7. The van der Waals surface area contributed by atoms with Gasteiger partial charge in [-0.3, -0.25) is 10.1 Å². The number of aromatic nitrogens is 1. The van der Waals surface area contributed by atoms with E-state index in [1.807, 2.05) is 0 Å². The average molecular weight is 288 g/mol. The number of nitrogens with one attached hydrogen (secondary N) is 1. The normalized spacial score (nSPS) is 9.65. The van der Waals surface area contributed by atoms with Crippen LogP contribution < -0.4 is 5.32 Å². The molecule has 2 rings (SSSR count). The first-order chi connectivity index (χ1) is 9.70. The number of amides is 1. The van der Waals surface area contributed by atoms with Crippen molar-refractivity contribution in [2.45, 2.75) is 6.42 Å². The van der Waals surface area contributed by atoms with Gasteiger partial charge >= 0.3 is 0 Å². The molecular formula is C14H12N2O3S. The Bertz CT molecular complexity index is 670. The molecule has 3 N–H and O–H groups in total. The highest BCUT2D eigenvalue weighted by Crippen LogP contribution is 2.21. The summed E-state index contributed by atoms with van der Waals surface area (Å²) in [6.45, 7) is 0.0165. The molecular weight excluding hydrogens is 276 g/mol. The Balaban J connectivity index is 2.06. The highest BCUT2D eigenvalue weighted by Gasteiger charge is 2.12. The Morgan fingerprint density at radius 3 is 2.95 bits per heavy atom. The van der Waals surface area contributed by atoms with Gasteiger partial charge in [0, 0.05) is 6.42 Å². The number of benzene rings is 1. The van der Waals surface area contributed by atoms with Crippen molar-refractivity contribution in [1.82, 2.24) is 4.98 Å². The minimum Gasteiger partial charge on any atom is -0.507 e. The van der Waals surface area contributed by atoms with Crippen LogP contribution in [-0.2, 0) is 0 Å². The zero-order valence-corrected chi connectivity index (χ0v) is 11.3. The van der Waals surface area contributed by atoms with Crippen molar-refractivity contribution < 1.29 is 15.0 Å². The molecule has 0 saturated carbocycles. The molecule has 1 aromatic heterocycles. The molecule has 0 radical (unpaired) electrons. The minimum atomic E-state index is -0.424. The second-order valence-electron chi connectivity index (χ2n) is 3.78. The number of aliphatic hydroxyl groups excluding tert-OH is 1. The zero-order valence-electron chi connectivity index (χ0n) is 10.5. The number of nitrogens with zero attached hydrogens (tertiary/aromatic N) is 1. The molecule has 0 bridgehead atoms. The van der Waals surface area contributed by atoms with Crippen LogP contribution in [0.3, 0.4) is 0 Å². The number of thiazole rings is 1. The highest BCUT2D eigenvalue weighted by atomic mass is 32.1. The van der Waals surface area contributed by atoms with E-state index in [4.69, 9.17) is 5.11 Å². The Labute approximate surface area is 119 Å². The van der Waals surface area contributed by atoms with Gasteiger partial charge in [0.2, 0.25) is 0 Å². The van der Waals surface area contributed by atoms with E-state index < -0.39 is 5.91 Å². The summed E-state index contributed by atoms with van der Waals surface area (Å²) in [6, 6.07) is 6.29. The third kappa shape index (κ3) is 3.57. The molecule has 5 nitrogen and oxygen atoms in total. The molecule has 2 aromatic rings. The van der Waals surface area contributed by atoms with Crippen LogP contribution in [0.4, 0.5) is 5.13 Å². The Hall–Kier alpha value is -2.36. The van der Waals surface area contributed by atoms with Crippen LogP contribution in [0.5, 0.6) is 5.75 Å². The minimum absolute atomic E-state index is 0.0165. The van der Waals surface area contributed by atoms with Crippen molar-refractivity contribution in [3.8, 4) is 17.6 Å². The smallest absolute Gasteiger partial charge is 0.261 e. The van der Waals surface area contributed by atoms with Crippen LogP contribution in [0.25, 0.3) is 0 Å². The molecule has 20 heavy (non-hydrogen) atoms. The molecule has 0 fully saturated rings. The molecule has 0 unspecified atom stereocenters. The number of carbonyl (C=O) groups is 1. The number of hydrogen-bond donors (Lipinski definition) is 3. The number of hydrogen-bond acceptors (Lipinski definition) is 5. The fourth-order valence-corrected chi connectivity index (χ4v) is 2.11. The summed E-state index contributed by atoms with van der Waals surface area (Å²) >= 11 is 1.23. The first kappa shape index (κ1) is 14.1. The molecule has 0 aliphatic rings. The molecule has 102 valence electrons. The van der Waals surface area contributed by atoms with Gasteiger partial charge in [0.15, 0.2) is 5.13 Å². The van der Waals surface area contributed by atoms with Crippen LogP contribution in [0.15, 0.2) is 30.5 Å². The van der Waals surface area contributed by atoms with Gasteiger partial charge in [-0.05, 0) is 12.1 Å². The number of para-hydroxylation sites is 1. The number of anilines is 1. The van der Waals surface area contributed by atoms with E-state index in [9.17, 15) is 9.90 Å². The lowest BCUT2D eigenvalue weighted by Crippen LogP contribution is -2.11. The van der Waals surface area contributed by atoms with Crippen LogP contribution in [0, 0.1) is 11.8 Å². The van der Waals surface area contributed by atoms with Crippen molar-refractivity contribution in [3.63, 3.8) is 0 Å². The molecule has 1 amide bonds. The molecule has 6 heteroatoms. The SMILES string of the molecule is O=C(Nc1ncc(C#CCCO)s1)c1ccccc1O. The molecule has 0 aliphatic heterocycles. The first-order valence-electron chi connectivity index (χ1n) is 5.85. The predicted molar refractivity (Wildman–Crippen MR) is 76.8 cm³/mol. The summed E-state index contributed by atoms with van der Waals surface area (Å²) in [5.41, 5.74) is 0.190. The summed E-state index contributed by atoms with van der Waals surface area (Å²) < 4.78 is 0. The number of aliphatic hydroxyl groups is 1. The summed E-state index contributed by atoms with van der Waals surface area (Å²) in [5, 5.41) is 21.2. The van der Waals surface area contributed by atoms with Crippen molar-refractivity contribution in [3.05, 3.63) is 40.9 Å². The Morgan fingerprint density at radius 2 is 2.20 bits per heavy atom. The second-order valence-corrected chi connectivity index (χ2v) is 4.81. The van der Waals surface area contributed by atoms with E-state index in [1.165, 1.54) is 23.5 Å². The molecule has 1 aromatic carbocycles. The van der Waals surface area contributed by atoms with Crippen LogP contribution in [0.1, 0.15) is 21.7 Å². The Morgan fingerprint density at radius 1 is 1.40 bits per heavy atom. The predicted octanol–water partition coefficient (Wildman–Crippen LogP) is 1.83. The van der Waals surface area contributed by atoms with Crippen molar-refractivity contribution in [1.29, 1.82) is 0 Å². The largest absolute Gasteiger partial charge is 0.507 e. The lowest BCUT2D eigenvalue weighted by Gasteiger charge is -2.03. The third-order valence-corrected chi connectivity index (χ3v) is 3.15. The maximum atomic E-state index is 11.9. The monoisotopic (exact) mass is 288 g/mol. The van der Waals surface area contributed by atoms with Gasteiger partial charge in [-0.2, -0.15) is 0 Å². The number of rotatable bonds is 3. The van der Waals surface area contributed by atoms with Gasteiger partial charge in [-0.15, -0.1) is 0 Å². The van der Waals surface area contributed by atoms with Gasteiger partial charge in [0.1, 0.15) is 5.75 Å². The lowest BCUT2D eigenvalue weighted by atomic mass is 10.2. The van der Waals surface area contributed by atoms with Gasteiger partial charge in [0.05, 0.1) is 23.2 Å². The maximum Gasteiger partial charge on any atom is 0.261 e. The topological polar surface area (TPSA) is 82.5 Å². The van der Waals surface area contributed by atoms with E-state index in [0.717, 1.165) is 0 Å². The molecule has 1 heterocycles. The maximum absolute atomic E-state index is 11.9. The standard InChI is InChI=1S/C14H12N2O3S/c17-8-4-3-5-10-9-15-14(20-10)16-13(19)11-6-1-2-7-12(11)18/h1-2,6-7,9,17-18H,4,8H2,(H,15,16,19). The number of aromatic hydroxyl groups is 1. The summed E-state index contributed by atoms with van der Waals surface area (Å²) in [6.07, 6.45) is 1.95. The first-order valence-corrected chi connectivity index (χ1v) is 6.67. The summed E-state index contributed by atoms with van der Waals surface area (Å²) in [5.74, 6) is 5.11. The molecule has 0 aliphatic carbocycles. The van der Waals surface area contributed by atoms with E-state index >= 15 is 0 Å². The summed E-state index contributed by atoms with van der Waals surface area (Å²) in [7, 11) is 0. The van der Waals surface area contributed by atoms with E-state index in [-0.39, 0.29) is 17.9 Å². The van der Waals surface area contributed by atoms with Crippen molar-refractivity contribution in [2.24, 2.45) is 0 Å². The van der Waals surface area contributed by atoms with Crippen LogP contribution in [-0.4, -0.2) is 27.7 Å². The quantitative estimate of drug-likeness (QED) is 0.753. The second kappa shape index (κ2) is 6.70. The number of phenolic OH excluding ortho intramolecular Hbond substituents is 1. The van der Waals surface area contributed by atoms with E-state index in [1.54, 1.807) is 18.3 Å². The van der Waals surface area contributed by atoms with Gasteiger partial charge < -0.3 is 10.2 Å². The van der Waals surface area contributed by atoms with Crippen molar-refractivity contribution >= 4 is 22.4 Å². The van der Waals surface area contributed by atoms with Gasteiger partial charge in [-0.1, -0.05) is 35.3 Å². The van der Waals surface area contributed by atoms with Gasteiger partial charge in [-0.25, -0.2) is 4.98 Å². The molecule has 0 spiro atoms. The molecule has 0 atom stereocenters. The van der Waals surface area contributed by atoms with Crippen molar-refractivity contribution in [2.75, 3.05) is 11.9 Å². The fraction of sp³-hybridized carbons (Fsp3) is 0.143. The van der Waals surface area contributed by atoms with E-state index in [0.29, 0.717) is 16.4 Å².